The Balaban J connectivity index is 2.14. The minimum atomic E-state index is -0.935. The minimum Gasteiger partial charge on any atom is -0.497 e. The number of benzene rings is 2. The first kappa shape index (κ1) is 16.8. The number of nitrogens with zero attached hydrogens (tertiary/aromatic N) is 2. The van der Waals surface area contributed by atoms with Crippen molar-refractivity contribution in [2.24, 2.45) is 0 Å². The van der Waals surface area contributed by atoms with Gasteiger partial charge in [0.2, 0.25) is 0 Å². The molecule has 1 unspecified atom stereocenters. The van der Waals surface area contributed by atoms with E-state index in [-0.39, 0.29) is 11.6 Å². The molecule has 3 aromatic rings. The summed E-state index contributed by atoms with van der Waals surface area (Å²) >= 11 is 0. The first-order chi connectivity index (χ1) is 12.0. The van der Waals surface area contributed by atoms with Crippen molar-refractivity contribution < 1.29 is 14.6 Å². The minimum absolute atomic E-state index is 0.161. The largest absolute Gasteiger partial charge is 0.497 e. The average Bonchev–Trinajstić information content (AvgIpc) is 2.94. The summed E-state index contributed by atoms with van der Waals surface area (Å²) in [5, 5.41) is 13.8. The van der Waals surface area contributed by atoms with Crippen LogP contribution in [0, 0.1) is 13.8 Å². The lowest BCUT2D eigenvalue weighted by atomic mass is 9.97. The van der Waals surface area contributed by atoms with Crippen LogP contribution in [0.2, 0.25) is 0 Å². The number of carboxylic acid groups (broad SMARTS) is 1. The molecule has 0 aliphatic rings. The fraction of sp³-hybridized carbons (Fsp3) is 0.200. The zero-order chi connectivity index (χ0) is 18.0. The second-order valence-corrected chi connectivity index (χ2v) is 5.98. The summed E-state index contributed by atoms with van der Waals surface area (Å²) in [5.41, 5.74) is 4.22. The number of ether oxygens (including phenoxy) is 1. The molecule has 2 aromatic carbocycles. The summed E-state index contributed by atoms with van der Waals surface area (Å²) in [5.74, 6) is -0.165. The van der Waals surface area contributed by atoms with Crippen molar-refractivity contribution in [2.45, 2.75) is 19.9 Å². The third-order valence-electron chi connectivity index (χ3n) is 4.17. The number of carboxylic acids is 1. The second kappa shape index (κ2) is 6.81. The Bertz CT molecular complexity index is 898. The molecule has 3 rings (SSSR count). The van der Waals surface area contributed by atoms with Gasteiger partial charge in [-0.3, -0.25) is 4.68 Å². The van der Waals surface area contributed by atoms with Gasteiger partial charge in [-0.2, -0.15) is 5.10 Å². The molecular weight excluding hydrogens is 316 g/mol. The van der Waals surface area contributed by atoms with E-state index >= 15 is 0 Å². The van der Waals surface area contributed by atoms with E-state index in [1.54, 1.807) is 19.2 Å². The van der Waals surface area contributed by atoms with Crippen LogP contribution in [-0.4, -0.2) is 28.0 Å². The number of aromatic nitrogens is 2. The summed E-state index contributed by atoms with van der Waals surface area (Å²) < 4.78 is 7.31. The Morgan fingerprint density at radius 1 is 1.08 bits per heavy atom. The Labute approximate surface area is 146 Å². The molecule has 5 heteroatoms. The molecule has 0 saturated carbocycles. The van der Waals surface area contributed by atoms with Crippen LogP contribution in [0.15, 0.2) is 54.6 Å². The lowest BCUT2D eigenvalue weighted by molar-refractivity contribution is 0.0697. The van der Waals surface area contributed by atoms with Crippen molar-refractivity contribution in [1.82, 2.24) is 9.78 Å². The summed E-state index contributed by atoms with van der Waals surface area (Å²) in [6, 6.07) is 16.6. The van der Waals surface area contributed by atoms with Crippen LogP contribution in [0.5, 0.6) is 5.75 Å². The Kier molecular flexibility index (Phi) is 4.57. The maximum absolute atomic E-state index is 11.1. The van der Waals surface area contributed by atoms with Crippen LogP contribution in [-0.2, 0) is 0 Å². The fourth-order valence-electron chi connectivity index (χ4n) is 3.00. The van der Waals surface area contributed by atoms with Gasteiger partial charge in [0.15, 0.2) is 0 Å². The molecule has 1 aromatic heterocycles. The number of methoxy groups -OCH3 is 1. The molecule has 128 valence electrons. The van der Waals surface area contributed by atoms with Crippen LogP contribution in [0.3, 0.4) is 0 Å². The number of aromatic carboxylic acids is 1. The highest BCUT2D eigenvalue weighted by Gasteiger charge is 2.20. The normalized spacial score (nSPS) is 12.0. The van der Waals surface area contributed by atoms with E-state index in [0.29, 0.717) is 0 Å². The van der Waals surface area contributed by atoms with E-state index in [2.05, 4.69) is 5.10 Å². The van der Waals surface area contributed by atoms with Gasteiger partial charge in [0.25, 0.3) is 0 Å². The van der Waals surface area contributed by atoms with E-state index in [4.69, 9.17) is 9.84 Å². The van der Waals surface area contributed by atoms with Crippen molar-refractivity contribution in [1.29, 1.82) is 0 Å². The number of carbonyl (C=O) groups is 1. The van der Waals surface area contributed by atoms with Gasteiger partial charge >= 0.3 is 5.97 Å². The quantitative estimate of drug-likeness (QED) is 0.769. The first-order valence-electron chi connectivity index (χ1n) is 7.99. The summed E-state index contributed by atoms with van der Waals surface area (Å²) in [7, 11) is 1.64. The molecule has 0 aliphatic carbocycles. The highest BCUT2D eigenvalue weighted by atomic mass is 16.5. The van der Waals surface area contributed by atoms with Crippen LogP contribution in [0.25, 0.3) is 0 Å². The molecule has 0 saturated heterocycles. The molecule has 0 aliphatic heterocycles. The highest BCUT2D eigenvalue weighted by Crippen LogP contribution is 2.30. The molecule has 25 heavy (non-hydrogen) atoms. The number of hydrogen-bond acceptors (Lipinski definition) is 3. The van der Waals surface area contributed by atoms with Crippen LogP contribution in [0.4, 0.5) is 0 Å². The molecule has 1 N–H and O–H groups in total. The van der Waals surface area contributed by atoms with E-state index in [9.17, 15) is 4.79 Å². The molecule has 0 amide bonds. The van der Waals surface area contributed by atoms with Gasteiger partial charge in [0, 0.05) is 5.69 Å². The van der Waals surface area contributed by atoms with Crippen LogP contribution >= 0.6 is 0 Å². The van der Waals surface area contributed by atoms with Gasteiger partial charge in [-0.05, 0) is 55.3 Å². The van der Waals surface area contributed by atoms with Crippen LogP contribution in [0.1, 0.15) is 38.9 Å². The predicted octanol–water partition coefficient (Wildman–Crippen LogP) is 3.84. The Morgan fingerprint density at radius 3 is 2.36 bits per heavy atom. The maximum Gasteiger partial charge on any atom is 0.335 e. The number of aryl methyl sites for hydroxylation is 2. The lowest BCUT2D eigenvalue weighted by Crippen LogP contribution is -2.15. The van der Waals surface area contributed by atoms with Gasteiger partial charge in [-0.25, -0.2) is 4.79 Å². The topological polar surface area (TPSA) is 64.3 Å². The van der Waals surface area contributed by atoms with Gasteiger partial charge in [-0.15, -0.1) is 0 Å². The monoisotopic (exact) mass is 336 g/mol. The molecular formula is C20H20N2O3. The molecule has 0 radical (unpaired) electrons. The predicted molar refractivity (Wildman–Crippen MR) is 95.3 cm³/mol. The lowest BCUT2D eigenvalue weighted by Gasteiger charge is -2.21. The summed E-state index contributed by atoms with van der Waals surface area (Å²) in [6.07, 6.45) is 0. The molecule has 0 spiro atoms. The van der Waals surface area contributed by atoms with Crippen LogP contribution < -0.4 is 4.74 Å². The highest BCUT2D eigenvalue weighted by molar-refractivity contribution is 5.87. The zero-order valence-electron chi connectivity index (χ0n) is 14.4. The molecule has 5 nitrogen and oxygen atoms in total. The Hall–Kier alpha value is -3.08. The van der Waals surface area contributed by atoms with Gasteiger partial charge < -0.3 is 9.84 Å². The average molecular weight is 336 g/mol. The molecule has 0 bridgehead atoms. The standard InChI is InChI=1S/C20H20N2O3/c1-13-11-14(2)22(21-13)19(17-5-4-6-18(12-17)25-3)15-7-9-16(10-8-15)20(23)24/h4-12,19H,1-3H3,(H,23,24). The van der Waals surface area contributed by atoms with E-state index in [0.717, 1.165) is 28.3 Å². The van der Waals surface area contributed by atoms with Crippen molar-refractivity contribution >= 4 is 5.97 Å². The zero-order valence-corrected chi connectivity index (χ0v) is 14.4. The summed E-state index contributed by atoms with van der Waals surface area (Å²) in [6.45, 7) is 3.97. The smallest absolute Gasteiger partial charge is 0.335 e. The second-order valence-electron chi connectivity index (χ2n) is 5.98. The maximum atomic E-state index is 11.1. The van der Waals surface area contributed by atoms with Gasteiger partial charge in [0.1, 0.15) is 11.8 Å². The fourth-order valence-corrected chi connectivity index (χ4v) is 3.00. The van der Waals surface area contributed by atoms with E-state index < -0.39 is 5.97 Å². The van der Waals surface area contributed by atoms with E-state index in [1.165, 1.54) is 0 Å². The first-order valence-corrected chi connectivity index (χ1v) is 7.99. The van der Waals surface area contributed by atoms with Crippen molar-refractivity contribution in [3.8, 4) is 5.75 Å². The third kappa shape index (κ3) is 3.40. The van der Waals surface area contributed by atoms with E-state index in [1.807, 2.05) is 61.0 Å². The third-order valence-corrected chi connectivity index (χ3v) is 4.17. The van der Waals surface area contributed by atoms with Crippen molar-refractivity contribution in [2.75, 3.05) is 7.11 Å². The molecule has 1 atom stereocenters. The van der Waals surface area contributed by atoms with Crippen molar-refractivity contribution in [3.63, 3.8) is 0 Å². The number of hydrogen-bond donors (Lipinski definition) is 1. The Morgan fingerprint density at radius 2 is 1.80 bits per heavy atom. The molecule has 0 fully saturated rings. The SMILES string of the molecule is COc1cccc(C(c2ccc(C(=O)O)cc2)n2nc(C)cc2C)c1. The van der Waals surface area contributed by atoms with Gasteiger partial charge in [0.05, 0.1) is 18.4 Å². The van der Waals surface area contributed by atoms with Gasteiger partial charge in [-0.1, -0.05) is 24.3 Å². The summed E-state index contributed by atoms with van der Waals surface area (Å²) in [4.78, 5) is 11.1. The number of rotatable bonds is 5. The molecule has 1 heterocycles. The van der Waals surface area contributed by atoms with Crippen molar-refractivity contribution in [3.05, 3.63) is 82.7 Å².